The van der Waals surface area contributed by atoms with Crippen LogP contribution in [-0.2, 0) is 16.4 Å². The van der Waals surface area contributed by atoms with E-state index >= 15 is 0 Å². The smallest absolute Gasteiger partial charge is 0.251 e. The van der Waals surface area contributed by atoms with Crippen LogP contribution in [0.3, 0.4) is 0 Å². The van der Waals surface area contributed by atoms with Crippen LogP contribution in [0.2, 0.25) is 0 Å². The third kappa shape index (κ3) is 8.31. The van der Waals surface area contributed by atoms with Crippen LogP contribution < -0.4 is 16.0 Å². The number of likely N-dealkylation sites (N-methyl/N-ethyl adjacent to an activating group) is 1. The number of sulfone groups is 1. The van der Waals surface area contributed by atoms with E-state index in [0.717, 1.165) is 12.1 Å². The summed E-state index contributed by atoms with van der Waals surface area (Å²) in [7, 11) is 2.63. The Kier molecular flexibility index (Phi) is 10.2. The van der Waals surface area contributed by atoms with Gasteiger partial charge in [0, 0.05) is 38.3 Å². The van der Waals surface area contributed by atoms with Crippen molar-refractivity contribution < 1.29 is 13.2 Å². The number of nitrogens with one attached hydrogen (secondary N) is 3. The molecule has 1 atom stereocenters. The zero-order valence-electron chi connectivity index (χ0n) is 16.6. The third-order valence-electron chi connectivity index (χ3n) is 4.29. The Balaban J connectivity index is 0.00000392. The van der Waals surface area contributed by atoms with Crippen LogP contribution in [0.25, 0.3) is 0 Å². The Morgan fingerprint density at radius 2 is 2.04 bits per heavy atom. The fourth-order valence-electron chi connectivity index (χ4n) is 2.80. The summed E-state index contributed by atoms with van der Waals surface area (Å²) in [6, 6.07) is 7.28. The van der Waals surface area contributed by atoms with E-state index in [-0.39, 0.29) is 47.4 Å². The number of aliphatic imine (C=N–C) groups is 1. The largest absolute Gasteiger partial charge is 0.353 e. The van der Waals surface area contributed by atoms with Gasteiger partial charge in [-0.1, -0.05) is 12.1 Å². The van der Waals surface area contributed by atoms with E-state index in [1.807, 2.05) is 37.2 Å². The maximum atomic E-state index is 12.2. The molecule has 0 bridgehead atoms. The fraction of sp³-hybridized carbons (Fsp3) is 0.556. The highest BCUT2D eigenvalue weighted by molar-refractivity contribution is 14.0. The minimum absolute atomic E-state index is 0. The summed E-state index contributed by atoms with van der Waals surface area (Å²) in [6.07, 6.45) is 0.589. The van der Waals surface area contributed by atoms with E-state index in [0.29, 0.717) is 31.0 Å². The third-order valence-corrected chi connectivity index (χ3v) is 6.06. The van der Waals surface area contributed by atoms with E-state index in [2.05, 4.69) is 20.9 Å². The van der Waals surface area contributed by atoms with Gasteiger partial charge in [-0.25, -0.2) is 8.42 Å². The van der Waals surface area contributed by atoms with Gasteiger partial charge >= 0.3 is 0 Å². The van der Waals surface area contributed by atoms with E-state index in [1.54, 1.807) is 13.1 Å². The summed E-state index contributed by atoms with van der Waals surface area (Å²) in [6.45, 7) is 1.86. The predicted octanol–water partition coefficient (Wildman–Crippen LogP) is 0.448. The summed E-state index contributed by atoms with van der Waals surface area (Å²) in [5.41, 5.74) is 1.55. The molecule has 3 N–H and O–H groups in total. The Hall–Kier alpha value is -1.40. The lowest BCUT2D eigenvalue weighted by Gasteiger charge is -2.16. The molecule has 0 aromatic heterocycles. The average Bonchev–Trinajstić information content (AvgIpc) is 2.97. The van der Waals surface area contributed by atoms with Gasteiger partial charge in [-0.3, -0.25) is 9.79 Å². The maximum Gasteiger partial charge on any atom is 0.251 e. The first kappa shape index (κ1) is 24.6. The predicted molar refractivity (Wildman–Crippen MR) is 123 cm³/mol. The van der Waals surface area contributed by atoms with Crippen LogP contribution in [0.15, 0.2) is 29.3 Å². The van der Waals surface area contributed by atoms with Crippen LogP contribution in [0, 0.1) is 0 Å². The molecular weight excluding hydrogens is 493 g/mol. The van der Waals surface area contributed by atoms with Crippen LogP contribution >= 0.6 is 24.0 Å². The van der Waals surface area contributed by atoms with Crippen molar-refractivity contribution >= 4 is 45.7 Å². The minimum Gasteiger partial charge on any atom is -0.353 e. The highest BCUT2D eigenvalue weighted by Crippen LogP contribution is 2.11. The van der Waals surface area contributed by atoms with Crippen LogP contribution in [-0.4, -0.2) is 77.0 Å². The number of nitrogens with zero attached hydrogens (tertiary/aromatic N) is 2. The van der Waals surface area contributed by atoms with E-state index < -0.39 is 9.84 Å². The quantitative estimate of drug-likeness (QED) is 0.273. The molecule has 1 saturated heterocycles. The second-order valence-electron chi connectivity index (χ2n) is 6.93. The molecule has 1 aromatic rings. The molecule has 28 heavy (non-hydrogen) atoms. The van der Waals surface area contributed by atoms with Gasteiger partial charge in [0.25, 0.3) is 5.91 Å². The van der Waals surface area contributed by atoms with Crippen molar-refractivity contribution in [2.75, 3.05) is 45.7 Å². The van der Waals surface area contributed by atoms with Gasteiger partial charge in [-0.2, -0.15) is 0 Å². The number of guanidine groups is 1. The zero-order chi connectivity index (χ0) is 19.9. The molecule has 1 aromatic carbocycles. The Labute approximate surface area is 184 Å². The second kappa shape index (κ2) is 11.6. The first-order valence-corrected chi connectivity index (χ1v) is 10.8. The Morgan fingerprint density at radius 3 is 2.64 bits per heavy atom. The molecule has 0 radical (unpaired) electrons. The minimum atomic E-state index is -2.94. The molecule has 158 valence electrons. The monoisotopic (exact) mass is 523 g/mol. The van der Waals surface area contributed by atoms with E-state index in [9.17, 15) is 13.2 Å². The molecule has 0 spiro atoms. The SMILES string of the molecule is CN=C(NCc1cccc(C(=O)NCCN(C)C)c1)NC1CCS(=O)(=O)C1.I. The molecule has 1 unspecified atom stereocenters. The Bertz CT molecular complexity index is 783. The van der Waals surface area contributed by atoms with Gasteiger partial charge in [0.1, 0.15) is 0 Å². The summed E-state index contributed by atoms with van der Waals surface area (Å²) < 4.78 is 23.1. The lowest BCUT2D eigenvalue weighted by Crippen LogP contribution is -2.43. The first-order valence-electron chi connectivity index (χ1n) is 8.98. The number of benzene rings is 1. The number of rotatable bonds is 7. The van der Waals surface area contributed by atoms with Crippen LogP contribution in [0.5, 0.6) is 0 Å². The van der Waals surface area contributed by atoms with Crippen molar-refractivity contribution in [2.24, 2.45) is 4.99 Å². The standard InChI is InChI=1S/C18H29N5O3S.HI/c1-19-18(22-16-7-10-27(25,26)13-16)21-12-14-5-4-6-15(11-14)17(24)20-8-9-23(2)3;/h4-6,11,16H,7-10,12-13H2,1-3H3,(H,20,24)(H2,19,21,22);1H. The molecule has 8 nitrogen and oxygen atoms in total. The number of carbonyl (C=O) groups is 1. The van der Waals surface area contributed by atoms with Crippen molar-refractivity contribution in [3.8, 4) is 0 Å². The molecular formula is C18H30IN5O3S. The summed E-state index contributed by atoms with van der Waals surface area (Å²) in [5, 5.41) is 9.21. The second-order valence-corrected chi connectivity index (χ2v) is 9.16. The number of hydrogen-bond acceptors (Lipinski definition) is 5. The van der Waals surface area contributed by atoms with Crippen molar-refractivity contribution in [1.29, 1.82) is 0 Å². The Morgan fingerprint density at radius 1 is 1.29 bits per heavy atom. The summed E-state index contributed by atoms with van der Waals surface area (Å²) in [5.74, 6) is 0.804. The molecule has 10 heteroatoms. The fourth-order valence-corrected chi connectivity index (χ4v) is 4.47. The van der Waals surface area contributed by atoms with Crippen molar-refractivity contribution in [1.82, 2.24) is 20.9 Å². The first-order chi connectivity index (χ1) is 12.8. The van der Waals surface area contributed by atoms with E-state index in [4.69, 9.17) is 0 Å². The molecule has 1 aliphatic heterocycles. The lowest BCUT2D eigenvalue weighted by atomic mass is 10.1. The summed E-state index contributed by atoms with van der Waals surface area (Å²) in [4.78, 5) is 18.4. The van der Waals surface area contributed by atoms with Crippen molar-refractivity contribution in [2.45, 2.75) is 19.0 Å². The summed E-state index contributed by atoms with van der Waals surface area (Å²) >= 11 is 0. The van der Waals surface area contributed by atoms with Gasteiger partial charge in [0.15, 0.2) is 15.8 Å². The van der Waals surface area contributed by atoms with Crippen molar-refractivity contribution in [3.05, 3.63) is 35.4 Å². The highest BCUT2D eigenvalue weighted by atomic mass is 127. The number of amides is 1. The lowest BCUT2D eigenvalue weighted by molar-refractivity contribution is 0.0951. The average molecular weight is 523 g/mol. The van der Waals surface area contributed by atoms with Crippen LogP contribution in [0.4, 0.5) is 0 Å². The van der Waals surface area contributed by atoms with Gasteiger partial charge in [0.2, 0.25) is 0 Å². The molecule has 1 amide bonds. The van der Waals surface area contributed by atoms with E-state index in [1.165, 1.54) is 0 Å². The number of hydrogen-bond donors (Lipinski definition) is 3. The molecule has 1 aliphatic rings. The molecule has 0 aliphatic carbocycles. The van der Waals surface area contributed by atoms with Gasteiger partial charge in [0.05, 0.1) is 11.5 Å². The number of halogens is 1. The molecule has 1 heterocycles. The highest BCUT2D eigenvalue weighted by Gasteiger charge is 2.28. The zero-order valence-corrected chi connectivity index (χ0v) is 19.7. The van der Waals surface area contributed by atoms with Crippen LogP contribution in [0.1, 0.15) is 22.3 Å². The molecule has 1 fully saturated rings. The molecule has 2 rings (SSSR count). The maximum absolute atomic E-state index is 12.2. The number of carbonyl (C=O) groups excluding carboxylic acids is 1. The van der Waals surface area contributed by atoms with Gasteiger partial charge < -0.3 is 20.9 Å². The molecule has 0 saturated carbocycles. The normalized spacial score (nSPS) is 18.4. The van der Waals surface area contributed by atoms with Crippen molar-refractivity contribution in [3.63, 3.8) is 0 Å². The van der Waals surface area contributed by atoms with Gasteiger partial charge in [-0.15, -0.1) is 24.0 Å². The van der Waals surface area contributed by atoms with Gasteiger partial charge in [-0.05, 0) is 38.2 Å². The topological polar surface area (TPSA) is 103 Å².